The van der Waals surface area contributed by atoms with E-state index < -0.39 is 15.4 Å². The van der Waals surface area contributed by atoms with Crippen LogP contribution in [-0.2, 0) is 15.4 Å². The van der Waals surface area contributed by atoms with Gasteiger partial charge in [0.1, 0.15) is 22.0 Å². The Kier molecular flexibility index (Phi) is 5.52. The zero-order chi connectivity index (χ0) is 27.8. The molecule has 3 fully saturated rings. The van der Waals surface area contributed by atoms with Crippen LogP contribution < -0.4 is 5.73 Å². The molecule has 40 heavy (non-hydrogen) atoms. The Morgan fingerprint density at radius 2 is 1.90 bits per heavy atom. The van der Waals surface area contributed by atoms with Gasteiger partial charge in [0.2, 0.25) is 0 Å². The van der Waals surface area contributed by atoms with Crippen LogP contribution in [0.3, 0.4) is 0 Å². The van der Waals surface area contributed by atoms with Gasteiger partial charge in [-0.25, -0.2) is 13.4 Å². The number of fused-ring (bicyclic) bond motifs is 3. The quantitative estimate of drug-likeness (QED) is 0.323. The average molecular weight is 564 g/mol. The number of anilines is 1. The summed E-state index contributed by atoms with van der Waals surface area (Å²) in [7, 11) is -3.75. The van der Waals surface area contributed by atoms with E-state index >= 15 is 0 Å². The summed E-state index contributed by atoms with van der Waals surface area (Å²) < 4.78 is 27.4. The summed E-state index contributed by atoms with van der Waals surface area (Å²) in [6.07, 6.45) is 11.0. The molecular formula is C26H29N9O4S. The highest BCUT2D eigenvalue weighted by atomic mass is 32.2. The lowest BCUT2D eigenvalue weighted by Crippen LogP contribution is -2.46. The molecule has 2 aliphatic heterocycles. The van der Waals surface area contributed by atoms with Crippen LogP contribution in [0.1, 0.15) is 72.7 Å². The van der Waals surface area contributed by atoms with Crippen molar-refractivity contribution in [3.8, 4) is 11.1 Å². The minimum absolute atomic E-state index is 0.0106. The Morgan fingerprint density at radius 1 is 1.15 bits per heavy atom. The second-order valence-electron chi connectivity index (χ2n) is 11.2. The first kappa shape index (κ1) is 25.1. The summed E-state index contributed by atoms with van der Waals surface area (Å²) in [6, 6.07) is 3.55. The van der Waals surface area contributed by atoms with Crippen LogP contribution in [0.2, 0.25) is 0 Å². The van der Waals surface area contributed by atoms with Crippen molar-refractivity contribution in [3.63, 3.8) is 0 Å². The third-order valence-corrected chi connectivity index (χ3v) is 9.93. The molecule has 0 aromatic carbocycles. The third-order valence-electron chi connectivity index (χ3n) is 8.77. The maximum Gasteiger partial charge on any atom is 0.274 e. The number of pyridine rings is 1. The smallest absolute Gasteiger partial charge is 0.274 e. The molecule has 3 atom stereocenters. The van der Waals surface area contributed by atoms with E-state index in [9.17, 15) is 18.3 Å². The van der Waals surface area contributed by atoms with Gasteiger partial charge in [0.05, 0.1) is 23.8 Å². The van der Waals surface area contributed by atoms with Crippen LogP contribution in [0, 0.1) is 0 Å². The maximum atomic E-state index is 13.1. The van der Waals surface area contributed by atoms with E-state index in [2.05, 4.69) is 25.5 Å². The Balaban J connectivity index is 1.28. The largest absolute Gasteiger partial charge is 0.384 e. The number of aromatic amines is 1. The van der Waals surface area contributed by atoms with Crippen molar-refractivity contribution in [2.45, 2.75) is 73.4 Å². The van der Waals surface area contributed by atoms with Gasteiger partial charge in [-0.1, -0.05) is 11.3 Å². The van der Waals surface area contributed by atoms with Crippen LogP contribution in [0.25, 0.3) is 16.8 Å². The number of carbonyl (C=O) groups excluding carboxylic acids is 1. The standard InChI is InChI=1S/C26H29N9O4S/c1-40(38,39)22-21(15-9-16-4-5-17(10-15)34(16)25(36)19-13-29-33-32-19)31-24-18(12-30-35(24)23(22)27)14-3-6-20(28-11-14)26(37)7-2-8-26/h3,6,11-13,15-17,37H,2,4-5,7-10,27H2,1H3,(H,29,32,33)/t15-,16+,17-. The van der Waals surface area contributed by atoms with Crippen molar-refractivity contribution in [1.29, 1.82) is 0 Å². The molecule has 208 valence electrons. The Hall–Kier alpha value is -3.91. The van der Waals surface area contributed by atoms with Crippen LogP contribution in [0.4, 0.5) is 5.82 Å². The molecule has 0 radical (unpaired) electrons. The van der Waals surface area contributed by atoms with Crippen molar-refractivity contribution >= 4 is 27.2 Å². The van der Waals surface area contributed by atoms with Gasteiger partial charge in [0.15, 0.2) is 15.5 Å². The minimum atomic E-state index is -3.75. The summed E-state index contributed by atoms with van der Waals surface area (Å²) in [6.45, 7) is 0. The van der Waals surface area contributed by atoms with Crippen molar-refractivity contribution in [3.05, 3.63) is 47.8 Å². The zero-order valence-electron chi connectivity index (χ0n) is 21.9. The molecule has 14 heteroatoms. The second kappa shape index (κ2) is 8.80. The molecule has 4 aromatic rings. The van der Waals surface area contributed by atoms with E-state index in [0.29, 0.717) is 54.0 Å². The summed E-state index contributed by atoms with van der Waals surface area (Å²) in [5.41, 5.74) is 8.83. The highest BCUT2D eigenvalue weighted by molar-refractivity contribution is 7.91. The maximum absolute atomic E-state index is 13.1. The molecule has 0 unspecified atom stereocenters. The molecular weight excluding hydrogens is 534 g/mol. The predicted octanol–water partition coefficient (Wildman–Crippen LogP) is 1.82. The number of sulfone groups is 1. The van der Waals surface area contributed by atoms with E-state index in [1.165, 1.54) is 10.7 Å². The van der Waals surface area contributed by atoms with Crippen molar-refractivity contribution in [2.75, 3.05) is 12.0 Å². The first-order valence-corrected chi connectivity index (χ1v) is 15.3. The third kappa shape index (κ3) is 3.80. The van der Waals surface area contributed by atoms with Crippen LogP contribution >= 0.6 is 0 Å². The zero-order valence-corrected chi connectivity index (χ0v) is 22.7. The normalized spacial score (nSPS) is 23.9. The molecule has 4 aromatic heterocycles. The van der Waals surface area contributed by atoms with E-state index in [-0.39, 0.29) is 34.6 Å². The van der Waals surface area contributed by atoms with Gasteiger partial charge >= 0.3 is 0 Å². The van der Waals surface area contributed by atoms with E-state index in [1.54, 1.807) is 12.4 Å². The number of nitrogen functional groups attached to an aromatic ring is 1. The second-order valence-corrected chi connectivity index (χ2v) is 13.2. The number of nitrogens with two attached hydrogens (primary N) is 1. The molecule has 1 amide bonds. The van der Waals surface area contributed by atoms with Gasteiger partial charge in [-0.15, -0.1) is 5.10 Å². The van der Waals surface area contributed by atoms with Gasteiger partial charge in [-0.3, -0.25) is 14.9 Å². The Labute approximate surface area is 229 Å². The fourth-order valence-corrected chi connectivity index (χ4v) is 7.71. The number of carbonyl (C=O) groups is 1. The summed E-state index contributed by atoms with van der Waals surface area (Å²) in [5, 5.41) is 25.1. The van der Waals surface area contributed by atoms with E-state index in [1.807, 2.05) is 17.0 Å². The van der Waals surface area contributed by atoms with Gasteiger partial charge < -0.3 is 15.7 Å². The number of H-pyrrole nitrogens is 1. The molecule has 13 nitrogen and oxygen atoms in total. The van der Waals surface area contributed by atoms with Crippen LogP contribution in [-0.4, -0.2) is 77.7 Å². The molecule has 3 aliphatic rings. The highest BCUT2D eigenvalue weighted by Gasteiger charge is 2.46. The number of nitrogens with one attached hydrogen (secondary N) is 1. The number of amides is 1. The van der Waals surface area contributed by atoms with Gasteiger partial charge in [0, 0.05) is 41.6 Å². The first-order valence-electron chi connectivity index (χ1n) is 13.4. The summed E-state index contributed by atoms with van der Waals surface area (Å²) in [5.74, 6) is -0.353. The molecule has 0 spiro atoms. The molecule has 2 saturated heterocycles. The number of nitrogens with zero attached hydrogens (tertiary/aromatic N) is 7. The highest BCUT2D eigenvalue weighted by Crippen LogP contribution is 2.46. The first-order chi connectivity index (χ1) is 19.1. The fraction of sp³-hybridized carbons (Fsp3) is 0.462. The fourth-order valence-electron chi connectivity index (χ4n) is 6.65. The monoisotopic (exact) mass is 563 g/mol. The lowest BCUT2D eigenvalue weighted by Gasteiger charge is -2.39. The number of hydrogen-bond donors (Lipinski definition) is 3. The average Bonchev–Trinajstić information content (AvgIpc) is 3.65. The molecule has 1 aliphatic carbocycles. The summed E-state index contributed by atoms with van der Waals surface area (Å²) >= 11 is 0. The van der Waals surface area contributed by atoms with Gasteiger partial charge in [0.25, 0.3) is 5.91 Å². The number of piperidine rings is 1. The van der Waals surface area contributed by atoms with Crippen LogP contribution in [0.15, 0.2) is 35.6 Å². The lowest BCUT2D eigenvalue weighted by molar-refractivity contribution is -0.0426. The van der Waals surface area contributed by atoms with Gasteiger partial charge in [-0.2, -0.15) is 9.61 Å². The van der Waals surface area contributed by atoms with E-state index in [4.69, 9.17) is 10.7 Å². The molecule has 7 rings (SSSR count). The topological polar surface area (TPSA) is 185 Å². The number of aliphatic hydroxyl groups is 1. The van der Waals surface area contributed by atoms with Crippen molar-refractivity contribution < 1.29 is 18.3 Å². The molecule has 4 N–H and O–H groups in total. The predicted molar refractivity (Wildman–Crippen MR) is 143 cm³/mol. The number of rotatable bonds is 5. The Bertz CT molecular complexity index is 1720. The molecule has 1 saturated carbocycles. The Morgan fingerprint density at radius 3 is 2.48 bits per heavy atom. The van der Waals surface area contributed by atoms with Crippen LogP contribution in [0.5, 0.6) is 0 Å². The van der Waals surface area contributed by atoms with Gasteiger partial charge in [-0.05, 0) is 51.0 Å². The van der Waals surface area contributed by atoms with E-state index in [0.717, 1.165) is 31.1 Å². The lowest BCUT2D eigenvalue weighted by atomic mass is 9.77. The van der Waals surface area contributed by atoms with Crippen molar-refractivity contribution in [1.82, 2.24) is 39.9 Å². The summed E-state index contributed by atoms with van der Waals surface area (Å²) in [4.78, 5) is 24.4. The molecule has 6 heterocycles. The number of aromatic nitrogens is 7. The minimum Gasteiger partial charge on any atom is -0.384 e. The number of hydrogen-bond acceptors (Lipinski definition) is 10. The van der Waals surface area contributed by atoms with Crippen molar-refractivity contribution in [2.24, 2.45) is 0 Å². The SMILES string of the molecule is CS(=O)(=O)c1c([C@H]2C[C@H]3CC[C@@H](C2)N3C(=O)c2cnn[nH]2)nc2c(-c3ccc(C4(O)CCC4)nc3)cnn2c1N. The molecule has 2 bridgehead atoms.